The van der Waals surface area contributed by atoms with Gasteiger partial charge in [0.2, 0.25) is 5.91 Å². The standard InChI is InChI=1S/C13H16Cl2N2O3/c1-7(16)3-2-4-11(18)17-12-9(14)5-8(13(19)20)6-10(12)15/h5-7H,2-4,16H2,1H3,(H,17,18)(H,19,20). The van der Waals surface area contributed by atoms with Crippen molar-refractivity contribution in [3.05, 3.63) is 27.7 Å². The number of hydrogen-bond acceptors (Lipinski definition) is 3. The summed E-state index contributed by atoms with van der Waals surface area (Å²) in [6.45, 7) is 1.87. The Kier molecular flexibility index (Phi) is 6.26. The summed E-state index contributed by atoms with van der Waals surface area (Å²) in [5, 5.41) is 11.6. The van der Waals surface area contributed by atoms with E-state index >= 15 is 0 Å². The fraction of sp³-hybridized carbons (Fsp3) is 0.385. The Morgan fingerprint density at radius 1 is 1.35 bits per heavy atom. The first-order chi connectivity index (χ1) is 9.31. The smallest absolute Gasteiger partial charge is 0.335 e. The summed E-state index contributed by atoms with van der Waals surface area (Å²) < 4.78 is 0. The molecule has 1 amide bonds. The zero-order chi connectivity index (χ0) is 15.3. The minimum atomic E-state index is -1.14. The normalized spacial score (nSPS) is 12.0. The maximum atomic E-state index is 11.7. The lowest BCUT2D eigenvalue weighted by atomic mass is 10.1. The van der Waals surface area contributed by atoms with Crippen LogP contribution in [0.4, 0.5) is 5.69 Å². The van der Waals surface area contributed by atoms with Crippen LogP contribution in [0.3, 0.4) is 0 Å². The number of halogens is 2. The number of rotatable bonds is 6. The number of carboxylic acid groups (broad SMARTS) is 1. The summed E-state index contributed by atoms with van der Waals surface area (Å²) in [5.41, 5.74) is 5.79. The Labute approximate surface area is 127 Å². The molecule has 0 aliphatic rings. The zero-order valence-corrected chi connectivity index (χ0v) is 12.5. The van der Waals surface area contributed by atoms with Gasteiger partial charge in [-0.2, -0.15) is 0 Å². The Morgan fingerprint density at radius 3 is 2.35 bits per heavy atom. The van der Waals surface area contributed by atoms with Gasteiger partial charge in [-0.1, -0.05) is 23.2 Å². The predicted octanol–water partition coefficient (Wildman–Crippen LogP) is 3.15. The number of carboxylic acids is 1. The fourth-order valence-corrected chi connectivity index (χ4v) is 2.18. The van der Waals surface area contributed by atoms with Crippen molar-refractivity contribution in [2.75, 3.05) is 5.32 Å². The van der Waals surface area contributed by atoms with Crippen LogP contribution in [0, 0.1) is 0 Å². The molecule has 1 aromatic carbocycles. The molecule has 0 saturated heterocycles. The quantitative estimate of drug-likeness (QED) is 0.751. The highest BCUT2D eigenvalue weighted by Gasteiger charge is 2.14. The lowest BCUT2D eigenvalue weighted by molar-refractivity contribution is -0.116. The van der Waals surface area contributed by atoms with Crippen molar-refractivity contribution in [2.45, 2.75) is 32.2 Å². The van der Waals surface area contributed by atoms with Gasteiger partial charge in [-0.3, -0.25) is 4.79 Å². The molecule has 1 aromatic rings. The highest BCUT2D eigenvalue weighted by Crippen LogP contribution is 2.32. The zero-order valence-electron chi connectivity index (χ0n) is 11.0. The minimum absolute atomic E-state index is 0.0324. The predicted molar refractivity (Wildman–Crippen MR) is 79.6 cm³/mol. The molecule has 0 aliphatic heterocycles. The molecular formula is C13H16Cl2N2O3. The Hall–Kier alpha value is -1.30. The summed E-state index contributed by atoms with van der Waals surface area (Å²) >= 11 is 11.8. The van der Waals surface area contributed by atoms with E-state index in [1.165, 1.54) is 12.1 Å². The van der Waals surface area contributed by atoms with E-state index in [1.54, 1.807) is 0 Å². The number of carbonyl (C=O) groups excluding carboxylic acids is 1. The summed E-state index contributed by atoms with van der Waals surface area (Å²) in [6.07, 6.45) is 1.70. The highest BCUT2D eigenvalue weighted by molar-refractivity contribution is 6.40. The Morgan fingerprint density at radius 2 is 1.90 bits per heavy atom. The molecule has 0 heterocycles. The number of anilines is 1. The fourth-order valence-electron chi connectivity index (χ4n) is 1.60. The molecule has 1 rings (SSSR count). The summed E-state index contributed by atoms with van der Waals surface area (Å²) in [5.74, 6) is -1.37. The van der Waals surface area contributed by atoms with Gasteiger partial charge in [0.25, 0.3) is 0 Å². The molecule has 110 valence electrons. The van der Waals surface area contributed by atoms with E-state index in [2.05, 4.69) is 5.32 Å². The van der Waals surface area contributed by atoms with Crippen LogP contribution in [-0.2, 0) is 4.79 Å². The molecule has 0 spiro atoms. The number of hydrogen-bond donors (Lipinski definition) is 3. The molecule has 20 heavy (non-hydrogen) atoms. The molecular weight excluding hydrogens is 303 g/mol. The van der Waals surface area contributed by atoms with Gasteiger partial charge < -0.3 is 16.2 Å². The molecule has 0 aromatic heterocycles. The third-order valence-corrected chi connectivity index (χ3v) is 3.21. The van der Waals surface area contributed by atoms with Crippen LogP contribution in [0.2, 0.25) is 10.0 Å². The van der Waals surface area contributed by atoms with Crippen molar-refractivity contribution in [3.63, 3.8) is 0 Å². The van der Waals surface area contributed by atoms with Gasteiger partial charge in [0.1, 0.15) is 0 Å². The van der Waals surface area contributed by atoms with Crippen LogP contribution in [0.5, 0.6) is 0 Å². The minimum Gasteiger partial charge on any atom is -0.478 e. The van der Waals surface area contributed by atoms with Crippen LogP contribution in [0.15, 0.2) is 12.1 Å². The van der Waals surface area contributed by atoms with Gasteiger partial charge in [0.15, 0.2) is 0 Å². The van der Waals surface area contributed by atoms with Crippen molar-refractivity contribution in [1.82, 2.24) is 0 Å². The number of aromatic carboxylic acids is 1. The second kappa shape index (κ2) is 7.47. The number of nitrogens with one attached hydrogen (secondary N) is 1. The largest absolute Gasteiger partial charge is 0.478 e. The molecule has 4 N–H and O–H groups in total. The van der Waals surface area contributed by atoms with Crippen LogP contribution in [0.25, 0.3) is 0 Å². The summed E-state index contributed by atoms with van der Waals surface area (Å²) in [7, 11) is 0. The first-order valence-corrected chi connectivity index (χ1v) is 6.84. The lowest BCUT2D eigenvalue weighted by Crippen LogP contribution is -2.17. The maximum Gasteiger partial charge on any atom is 0.335 e. The van der Waals surface area contributed by atoms with Crippen molar-refractivity contribution >= 4 is 40.8 Å². The van der Waals surface area contributed by atoms with Crippen molar-refractivity contribution in [3.8, 4) is 0 Å². The SMILES string of the molecule is CC(N)CCCC(=O)Nc1c(Cl)cc(C(=O)O)cc1Cl. The van der Waals surface area contributed by atoms with E-state index in [9.17, 15) is 9.59 Å². The molecule has 0 saturated carbocycles. The number of nitrogens with two attached hydrogens (primary N) is 1. The van der Waals surface area contributed by atoms with Gasteiger partial charge in [-0.05, 0) is 31.9 Å². The lowest BCUT2D eigenvalue weighted by Gasteiger charge is -2.10. The van der Waals surface area contributed by atoms with Crippen LogP contribution in [0.1, 0.15) is 36.5 Å². The second-order valence-electron chi connectivity index (χ2n) is 4.54. The molecule has 0 fully saturated rings. The number of benzene rings is 1. The molecule has 5 nitrogen and oxygen atoms in total. The van der Waals surface area contributed by atoms with Gasteiger partial charge >= 0.3 is 5.97 Å². The average molecular weight is 319 g/mol. The van der Waals surface area contributed by atoms with E-state index in [4.69, 9.17) is 34.0 Å². The van der Waals surface area contributed by atoms with Gasteiger partial charge in [-0.15, -0.1) is 0 Å². The molecule has 0 radical (unpaired) electrons. The van der Waals surface area contributed by atoms with E-state index in [0.29, 0.717) is 12.8 Å². The van der Waals surface area contributed by atoms with Gasteiger partial charge in [0, 0.05) is 12.5 Å². The topological polar surface area (TPSA) is 92.4 Å². The first-order valence-electron chi connectivity index (χ1n) is 6.09. The van der Waals surface area contributed by atoms with Crippen molar-refractivity contribution in [1.29, 1.82) is 0 Å². The molecule has 0 aliphatic carbocycles. The van der Waals surface area contributed by atoms with Gasteiger partial charge in [-0.25, -0.2) is 4.79 Å². The monoisotopic (exact) mass is 318 g/mol. The van der Waals surface area contributed by atoms with Crippen LogP contribution >= 0.6 is 23.2 Å². The first kappa shape index (κ1) is 16.8. The van der Waals surface area contributed by atoms with Crippen molar-refractivity contribution in [2.24, 2.45) is 5.73 Å². The Balaban J connectivity index is 2.73. The third kappa shape index (κ3) is 5.00. The number of carbonyl (C=O) groups is 2. The second-order valence-corrected chi connectivity index (χ2v) is 5.35. The Bertz CT molecular complexity index is 495. The highest BCUT2D eigenvalue weighted by atomic mass is 35.5. The van der Waals surface area contributed by atoms with E-state index < -0.39 is 5.97 Å². The van der Waals surface area contributed by atoms with Gasteiger partial charge in [0.05, 0.1) is 21.3 Å². The molecule has 1 unspecified atom stereocenters. The van der Waals surface area contributed by atoms with E-state index in [-0.39, 0.29) is 33.2 Å². The molecule has 1 atom stereocenters. The number of amides is 1. The van der Waals surface area contributed by atoms with Crippen LogP contribution < -0.4 is 11.1 Å². The van der Waals surface area contributed by atoms with E-state index in [0.717, 1.165) is 6.42 Å². The third-order valence-electron chi connectivity index (χ3n) is 2.62. The summed E-state index contributed by atoms with van der Waals surface area (Å²) in [4.78, 5) is 22.6. The molecule has 7 heteroatoms. The maximum absolute atomic E-state index is 11.7. The van der Waals surface area contributed by atoms with Crippen molar-refractivity contribution < 1.29 is 14.7 Å². The summed E-state index contributed by atoms with van der Waals surface area (Å²) in [6, 6.07) is 2.53. The van der Waals surface area contributed by atoms with E-state index in [1.807, 2.05) is 6.92 Å². The average Bonchev–Trinajstić information content (AvgIpc) is 2.32. The molecule has 0 bridgehead atoms. The van der Waals surface area contributed by atoms with Crippen LogP contribution in [-0.4, -0.2) is 23.0 Å².